The van der Waals surface area contributed by atoms with E-state index in [-0.39, 0.29) is 5.82 Å². The van der Waals surface area contributed by atoms with Crippen molar-refractivity contribution in [2.24, 2.45) is 11.7 Å². The molecular weight excluding hydrogens is 265 g/mol. The number of halogens is 1. The summed E-state index contributed by atoms with van der Waals surface area (Å²) < 4.78 is 13.5. The minimum Gasteiger partial charge on any atom is -0.330 e. The first-order valence-electron chi connectivity index (χ1n) is 7.22. The lowest BCUT2D eigenvalue weighted by atomic mass is 9.98. The van der Waals surface area contributed by atoms with Crippen molar-refractivity contribution in [3.8, 4) is 11.4 Å². The van der Waals surface area contributed by atoms with Gasteiger partial charge in [0.2, 0.25) is 0 Å². The number of benzene rings is 1. The zero-order chi connectivity index (χ0) is 15.6. The predicted octanol–water partition coefficient (Wildman–Crippen LogP) is 3.35. The summed E-state index contributed by atoms with van der Waals surface area (Å²) in [6.45, 7) is 8.57. The summed E-state index contributed by atoms with van der Waals surface area (Å²) in [5, 5.41) is 0. The van der Waals surface area contributed by atoms with Crippen molar-refractivity contribution in [2.45, 2.75) is 34.1 Å². The van der Waals surface area contributed by atoms with Gasteiger partial charge in [-0.25, -0.2) is 14.4 Å². The average molecular weight is 287 g/mol. The normalized spacial score (nSPS) is 12.5. The lowest BCUT2D eigenvalue weighted by molar-refractivity contribution is 0.586. The standard InChI is InChI=1S/C17H22FN3/c1-10-5-14(8-15(18)6-10)17-20-12(3)16(13(4)21-17)7-11(2)9-19/h5-6,8,11H,7,9,19H2,1-4H3. The average Bonchev–Trinajstić information content (AvgIpc) is 2.41. The molecule has 0 aliphatic rings. The molecule has 2 N–H and O–H groups in total. The predicted molar refractivity (Wildman–Crippen MR) is 83.6 cm³/mol. The summed E-state index contributed by atoms with van der Waals surface area (Å²) in [6.07, 6.45) is 0.872. The molecule has 0 saturated heterocycles. The topological polar surface area (TPSA) is 51.8 Å². The molecule has 0 amide bonds. The van der Waals surface area contributed by atoms with Crippen molar-refractivity contribution < 1.29 is 4.39 Å². The number of aromatic nitrogens is 2. The zero-order valence-electron chi connectivity index (χ0n) is 13.1. The van der Waals surface area contributed by atoms with E-state index in [0.29, 0.717) is 18.3 Å². The Hall–Kier alpha value is -1.81. The largest absolute Gasteiger partial charge is 0.330 e. The van der Waals surface area contributed by atoms with Crippen LogP contribution in [0.2, 0.25) is 0 Å². The van der Waals surface area contributed by atoms with Crippen LogP contribution in [0.3, 0.4) is 0 Å². The molecule has 1 atom stereocenters. The number of rotatable bonds is 4. The van der Waals surface area contributed by atoms with Crippen LogP contribution in [0.5, 0.6) is 0 Å². The van der Waals surface area contributed by atoms with E-state index >= 15 is 0 Å². The van der Waals surface area contributed by atoms with Gasteiger partial charge in [-0.3, -0.25) is 0 Å². The number of hydrogen-bond acceptors (Lipinski definition) is 3. The summed E-state index contributed by atoms with van der Waals surface area (Å²) in [4.78, 5) is 9.11. The van der Waals surface area contributed by atoms with Crippen LogP contribution in [0.25, 0.3) is 11.4 Å². The molecule has 21 heavy (non-hydrogen) atoms. The fourth-order valence-corrected chi connectivity index (χ4v) is 2.46. The second-order valence-corrected chi connectivity index (χ2v) is 5.76. The Balaban J connectivity index is 2.43. The number of nitrogens with zero attached hydrogens (tertiary/aromatic N) is 2. The Morgan fingerprint density at radius 1 is 1.10 bits per heavy atom. The highest BCUT2D eigenvalue weighted by Crippen LogP contribution is 2.22. The van der Waals surface area contributed by atoms with Gasteiger partial charge in [-0.15, -0.1) is 0 Å². The first-order valence-corrected chi connectivity index (χ1v) is 7.22. The fourth-order valence-electron chi connectivity index (χ4n) is 2.46. The molecule has 0 bridgehead atoms. The Morgan fingerprint density at radius 3 is 2.24 bits per heavy atom. The summed E-state index contributed by atoms with van der Waals surface area (Å²) in [7, 11) is 0. The van der Waals surface area contributed by atoms with Gasteiger partial charge in [0.1, 0.15) is 5.82 Å². The molecule has 3 nitrogen and oxygen atoms in total. The highest BCUT2D eigenvalue weighted by Gasteiger charge is 2.13. The van der Waals surface area contributed by atoms with Gasteiger partial charge in [-0.2, -0.15) is 0 Å². The van der Waals surface area contributed by atoms with Crippen molar-refractivity contribution >= 4 is 0 Å². The van der Waals surface area contributed by atoms with E-state index in [4.69, 9.17) is 5.73 Å². The van der Waals surface area contributed by atoms with Crippen LogP contribution in [0.4, 0.5) is 4.39 Å². The minimum absolute atomic E-state index is 0.260. The Bertz CT molecular complexity index is 609. The lowest BCUT2D eigenvalue weighted by Gasteiger charge is -2.14. The van der Waals surface area contributed by atoms with Crippen molar-refractivity contribution in [1.29, 1.82) is 0 Å². The third-order valence-electron chi connectivity index (χ3n) is 3.68. The van der Waals surface area contributed by atoms with E-state index in [2.05, 4.69) is 16.9 Å². The van der Waals surface area contributed by atoms with Crippen LogP contribution in [-0.2, 0) is 6.42 Å². The minimum atomic E-state index is -0.260. The van der Waals surface area contributed by atoms with Crippen LogP contribution in [0, 0.1) is 32.5 Å². The van der Waals surface area contributed by atoms with E-state index < -0.39 is 0 Å². The number of hydrogen-bond donors (Lipinski definition) is 1. The van der Waals surface area contributed by atoms with Gasteiger partial charge in [0.05, 0.1) is 0 Å². The molecule has 4 heteroatoms. The van der Waals surface area contributed by atoms with Gasteiger partial charge in [-0.1, -0.05) is 6.92 Å². The first-order chi connectivity index (χ1) is 9.90. The quantitative estimate of drug-likeness (QED) is 0.938. The van der Waals surface area contributed by atoms with Gasteiger partial charge in [0.25, 0.3) is 0 Å². The molecule has 2 rings (SSSR count). The smallest absolute Gasteiger partial charge is 0.159 e. The highest BCUT2D eigenvalue weighted by molar-refractivity contribution is 5.57. The molecule has 1 aromatic carbocycles. The molecule has 0 fully saturated rings. The molecular formula is C17H22FN3. The zero-order valence-corrected chi connectivity index (χ0v) is 13.1. The van der Waals surface area contributed by atoms with E-state index in [0.717, 1.165) is 34.5 Å². The highest BCUT2D eigenvalue weighted by atomic mass is 19.1. The molecule has 1 heterocycles. The lowest BCUT2D eigenvalue weighted by Crippen LogP contribution is -2.15. The monoisotopic (exact) mass is 287 g/mol. The molecule has 0 saturated carbocycles. The Morgan fingerprint density at radius 2 is 1.71 bits per heavy atom. The summed E-state index contributed by atoms with van der Waals surface area (Å²) >= 11 is 0. The van der Waals surface area contributed by atoms with Crippen molar-refractivity contribution in [2.75, 3.05) is 6.54 Å². The Kier molecular flexibility index (Phi) is 4.68. The van der Waals surface area contributed by atoms with Gasteiger partial charge in [0.15, 0.2) is 5.82 Å². The maximum atomic E-state index is 13.5. The van der Waals surface area contributed by atoms with Crippen LogP contribution in [-0.4, -0.2) is 16.5 Å². The molecule has 0 radical (unpaired) electrons. The number of aryl methyl sites for hydroxylation is 3. The first kappa shape index (κ1) is 15.6. The summed E-state index contributed by atoms with van der Waals surface area (Å²) in [5.41, 5.74) is 10.3. The van der Waals surface area contributed by atoms with Gasteiger partial charge >= 0.3 is 0 Å². The maximum Gasteiger partial charge on any atom is 0.159 e. The molecule has 2 aromatic rings. The molecule has 0 aliphatic carbocycles. The molecule has 112 valence electrons. The van der Waals surface area contributed by atoms with Crippen molar-refractivity contribution in [3.05, 3.63) is 46.5 Å². The molecule has 1 aromatic heterocycles. The fraction of sp³-hybridized carbons (Fsp3) is 0.412. The summed E-state index contributed by atoms with van der Waals surface area (Å²) in [5.74, 6) is 0.717. The van der Waals surface area contributed by atoms with Crippen LogP contribution >= 0.6 is 0 Å². The second kappa shape index (κ2) is 6.31. The van der Waals surface area contributed by atoms with Crippen molar-refractivity contribution in [3.63, 3.8) is 0 Å². The van der Waals surface area contributed by atoms with Gasteiger partial charge in [0, 0.05) is 17.0 Å². The maximum absolute atomic E-state index is 13.5. The third-order valence-corrected chi connectivity index (χ3v) is 3.68. The van der Waals surface area contributed by atoms with E-state index in [1.165, 1.54) is 12.1 Å². The van der Waals surface area contributed by atoms with Crippen LogP contribution < -0.4 is 5.73 Å². The van der Waals surface area contributed by atoms with Gasteiger partial charge in [-0.05, 0) is 69.0 Å². The summed E-state index contributed by atoms with van der Waals surface area (Å²) in [6, 6.07) is 4.88. The second-order valence-electron chi connectivity index (χ2n) is 5.76. The van der Waals surface area contributed by atoms with Gasteiger partial charge < -0.3 is 5.73 Å². The van der Waals surface area contributed by atoms with E-state index in [1.54, 1.807) is 0 Å². The van der Waals surface area contributed by atoms with Crippen LogP contribution in [0.15, 0.2) is 18.2 Å². The van der Waals surface area contributed by atoms with Crippen LogP contribution in [0.1, 0.15) is 29.4 Å². The number of nitrogens with two attached hydrogens (primary N) is 1. The SMILES string of the molecule is Cc1cc(F)cc(-c2nc(C)c(CC(C)CN)c(C)n2)c1. The molecule has 0 aliphatic heterocycles. The van der Waals surface area contributed by atoms with E-state index in [1.807, 2.05) is 26.8 Å². The van der Waals surface area contributed by atoms with Crippen molar-refractivity contribution in [1.82, 2.24) is 9.97 Å². The molecule has 1 unspecified atom stereocenters. The van der Waals surface area contributed by atoms with E-state index in [9.17, 15) is 4.39 Å². The Labute approximate surface area is 125 Å². The molecule has 0 spiro atoms. The third kappa shape index (κ3) is 3.64.